The van der Waals surface area contributed by atoms with Crippen LogP contribution in [0.5, 0.6) is 5.75 Å². The van der Waals surface area contributed by atoms with E-state index in [1.807, 2.05) is 0 Å². The summed E-state index contributed by atoms with van der Waals surface area (Å²) in [5.74, 6) is -0.949. The molecule has 1 heterocycles. The molecule has 0 fully saturated rings. The van der Waals surface area contributed by atoms with Gasteiger partial charge in [0.15, 0.2) is 11.4 Å². The molecule has 0 amide bonds. The molecule has 0 saturated carbocycles. The van der Waals surface area contributed by atoms with E-state index in [1.165, 1.54) is 19.2 Å². The van der Waals surface area contributed by atoms with Crippen LogP contribution in [0.1, 0.15) is 21.1 Å². The highest BCUT2D eigenvalue weighted by atomic mass is 79.9. The Kier molecular flexibility index (Phi) is 4.88. The number of carbonyl (C=O) groups is 1. The monoisotopic (exact) mass is 384 g/mol. The molecule has 0 aliphatic rings. The Labute approximate surface area is 137 Å². The molecule has 0 unspecified atom stereocenters. The molecule has 2 rings (SSSR count). The van der Waals surface area contributed by atoms with E-state index >= 15 is 0 Å². The zero-order chi connectivity index (χ0) is 16.3. The van der Waals surface area contributed by atoms with Gasteiger partial charge in [0.2, 0.25) is 0 Å². The SMILES string of the molecule is COc1ccc(/C=C/c2nc(C(=O)O)c(Br)s2)cc1[N+](=O)[O-]. The number of hydrogen-bond acceptors (Lipinski definition) is 6. The summed E-state index contributed by atoms with van der Waals surface area (Å²) in [4.78, 5) is 25.3. The zero-order valence-electron chi connectivity index (χ0n) is 11.1. The second kappa shape index (κ2) is 6.67. The van der Waals surface area contributed by atoms with Crippen LogP contribution < -0.4 is 4.74 Å². The third-order valence-corrected chi connectivity index (χ3v) is 4.29. The Bertz CT molecular complexity index is 772. The third-order valence-electron chi connectivity index (χ3n) is 2.62. The number of benzene rings is 1. The van der Waals surface area contributed by atoms with E-state index in [0.29, 0.717) is 14.4 Å². The van der Waals surface area contributed by atoms with E-state index in [-0.39, 0.29) is 17.1 Å². The maximum absolute atomic E-state index is 10.9. The number of nitrogens with zero attached hydrogens (tertiary/aromatic N) is 2. The van der Waals surface area contributed by atoms with Crippen molar-refractivity contribution in [3.8, 4) is 5.75 Å². The molecule has 22 heavy (non-hydrogen) atoms. The maximum atomic E-state index is 10.9. The fraction of sp³-hybridized carbons (Fsp3) is 0.0769. The number of carboxylic acids is 1. The van der Waals surface area contributed by atoms with Gasteiger partial charge in [-0.05, 0) is 33.6 Å². The number of ether oxygens (including phenoxy) is 1. The van der Waals surface area contributed by atoms with Crippen molar-refractivity contribution in [3.05, 3.63) is 48.4 Å². The van der Waals surface area contributed by atoms with Gasteiger partial charge >= 0.3 is 11.7 Å². The molecule has 0 aliphatic heterocycles. The predicted octanol–water partition coefficient (Wildman–Crippen LogP) is 3.69. The van der Waals surface area contributed by atoms with E-state index in [0.717, 1.165) is 11.3 Å². The first-order chi connectivity index (χ1) is 10.4. The van der Waals surface area contributed by atoms with Gasteiger partial charge in [-0.25, -0.2) is 9.78 Å². The molecule has 0 saturated heterocycles. The number of nitro groups is 1. The second-order valence-electron chi connectivity index (χ2n) is 4.00. The fourth-order valence-corrected chi connectivity index (χ4v) is 3.08. The van der Waals surface area contributed by atoms with Crippen LogP contribution in [0, 0.1) is 10.1 Å². The van der Waals surface area contributed by atoms with Crippen molar-refractivity contribution in [1.29, 1.82) is 0 Å². The molecule has 2 aromatic rings. The molecule has 0 bridgehead atoms. The van der Waals surface area contributed by atoms with Gasteiger partial charge in [-0.15, -0.1) is 11.3 Å². The first kappa shape index (κ1) is 16.1. The van der Waals surface area contributed by atoms with E-state index in [4.69, 9.17) is 9.84 Å². The van der Waals surface area contributed by atoms with Crippen LogP contribution in [-0.2, 0) is 0 Å². The molecule has 1 aromatic carbocycles. The summed E-state index contributed by atoms with van der Waals surface area (Å²) in [6.07, 6.45) is 3.21. The van der Waals surface area contributed by atoms with Gasteiger partial charge in [0, 0.05) is 6.07 Å². The van der Waals surface area contributed by atoms with Crippen LogP contribution in [0.4, 0.5) is 5.69 Å². The Morgan fingerprint density at radius 3 is 2.77 bits per heavy atom. The number of carboxylic acid groups (broad SMARTS) is 1. The lowest BCUT2D eigenvalue weighted by Gasteiger charge is -2.01. The molecular formula is C13H9BrN2O5S. The number of aromatic nitrogens is 1. The lowest BCUT2D eigenvalue weighted by atomic mass is 10.1. The summed E-state index contributed by atoms with van der Waals surface area (Å²) in [6.45, 7) is 0. The Balaban J connectivity index is 2.30. The average Bonchev–Trinajstić information content (AvgIpc) is 2.86. The number of thiazole rings is 1. The number of methoxy groups -OCH3 is 1. The summed E-state index contributed by atoms with van der Waals surface area (Å²) >= 11 is 4.29. The van der Waals surface area contributed by atoms with E-state index in [9.17, 15) is 14.9 Å². The zero-order valence-corrected chi connectivity index (χ0v) is 13.6. The van der Waals surface area contributed by atoms with Crippen molar-refractivity contribution in [2.24, 2.45) is 0 Å². The first-order valence-electron chi connectivity index (χ1n) is 5.82. The summed E-state index contributed by atoms with van der Waals surface area (Å²) in [5.41, 5.74) is 0.372. The van der Waals surface area contributed by atoms with Gasteiger partial charge in [0.05, 0.1) is 12.0 Å². The van der Waals surface area contributed by atoms with E-state index in [2.05, 4.69) is 20.9 Å². The number of nitro benzene ring substituents is 1. The molecule has 0 aliphatic carbocycles. The van der Waals surface area contributed by atoms with Crippen molar-refractivity contribution in [1.82, 2.24) is 4.98 Å². The lowest BCUT2D eigenvalue weighted by Crippen LogP contribution is -1.96. The highest BCUT2D eigenvalue weighted by Gasteiger charge is 2.15. The van der Waals surface area contributed by atoms with E-state index < -0.39 is 10.9 Å². The van der Waals surface area contributed by atoms with Crippen LogP contribution in [0.15, 0.2) is 22.0 Å². The molecule has 0 radical (unpaired) electrons. The van der Waals surface area contributed by atoms with Gasteiger partial charge in [-0.3, -0.25) is 10.1 Å². The van der Waals surface area contributed by atoms with Crippen LogP contribution in [-0.4, -0.2) is 28.1 Å². The van der Waals surface area contributed by atoms with Gasteiger partial charge in [0.25, 0.3) is 0 Å². The van der Waals surface area contributed by atoms with E-state index in [1.54, 1.807) is 18.2 Å². The minimum Gasteiger partial charge on any atom is -0.490 e. The second-order valence-corrected chi connectivity index (χ2v) is 6.35. The maximum Gasteiger partial charge on any atom is 0.356 e. The molecule has 1 aromatic heterocycles. The topological polar surface area (TPSA) is 103 Å². The molecular weight excluding hydrogens is 376 g/mol. The standard InChI is InChI=1S/C13H9BrN2O5S/c1-21-9-4-2-7(6-8(9)16(19)20)3-5-10-15-11(13(17)18)12(14)22-10/h2-6H,1H3,(H,17,18)/b5-3+. The van der Waals surface area contributed by atoms with Crippen molar-refractivity contribution in [2.75, 3.05) is 7.11 Å². The van der Waals surface area contributed by atoms with Crippen LogP contribution in [0.25, 0.3) is 12.2 Å². The Hall–Kier alpha value is -2.26. The largest absolute Gasteiger partial charge is 0.490 e. The molecule has 0 atom stereocenters. The average molecular weight is 385 g/mol. The summed E-state index contributed by atoms with van der Waals surface area (Å²) in [5, 5.41) is 20.3. The highest BCUT2D eigenvalue weighted by Crippen LogP contribution is 2.29. The summed E-state index contributed by atoms with van der Waals surface area (Å²) in [7, 11) is 1.36. The van der Waals surface area contributed by atoms with Crippen molar-refractivity contribution in [3.63, 3.8) is 0 Å². The molecule has 9 heteroatoms. The van der Waals surface area contributed by atoms with Crippen LogP contribution in [0.3, 0.4) is 0 Å². The van der Waals surface area contributed by atoms with Crippen molar-refractivity contribution >= 4 is 51.1 Å². The smallest absolute Gasteiger partial charge is 0.356 e. The van der Waals surface area contributed by atoms with Crippen molar-refractivity contribution < 1.29 is 19.6 Å². The first-order valence-corrected chi connectivity index (χ1v) is 7.43. The summed E-state index contributed by atoms with van der Waals surface area (Å²) < 4.78 is 5.34. The predicted molar refractivity (Wildman–Crippen MR) is 85.3 cm³/mol. The minimum atomic E-state index is -1.12. The fourth-order valence-electron chi connectivity index (χ4n) is 1.64. The third kappa shape index (κ3) is 3.49. The van der Waals surface area contributed by atoms with Gasteiger partial charge in [-0.2, -0.15) is 0 Å². The van der Waals surface area contributed by atoms with Crippen LogP contribution >= 0.6 is 27.3 Å². The quantitative estimate of drug-likeness (QED) is 0.622. The number of hydrogen-bond donors (Lipinski definition) is 1. The highest BCUT2D eigenvalue weighted by molar-refractivity contribution is 9.11. The number of halogens is 1. The molecule has 0 spiro atoms. The Morgan fingerprint density at radius 2 is 2.23 bits per heavy atom. The van der Waals surface area contributed by atoms with Gasteiger partial charge in [-0.1, -0.05) is 12.1 Å². The van der Waals surface area contributed by atoms with Crippen molar-refractivity contribution in [2.45, 2.75) is 0 Å². The van der Waals surface area contributed by atoms with Gasteiger partial charge in [0.1, 0.15) is 8.79 Å². The van der Waals surface area contributed by atoms with Gasteiger partial charge < -0.3 is 9.84 Å². The Morgan fingerprint density at radius 1 is 1.50 bits per heavy atom. The molecule has 7 nitrogen and oxygen atoms in total. The molecule has 1 N–H and O–H groups in total. The lowest BCUT2D eigenvalue weighted by molar-refractivity contribution is -0.385. The minimum absolute atomic E-state index is 0.0645. The number of aromatic carboxylic acids is 1. The summed E-state index contributed by atoms with van der Waals surface area (Å²) in [6, 6.07) is 4.53. The normalized spacial score (nSPS) is 10.8. The molecule has 114 valence electrons. The van der Waals surface area contributed by atoms with Crippen LogP contribution in [0.2, 0.25) is 0 Å². The number of rotatable bonds is 5.